The highest BCUT2D eigenvalue weighted by atomic mass is 19.1. The zero-order valence-electron chi connectivity index (χ0n) is 13.0. The second-order valence-corrected chi connectivity index (χ2v) is 5.66. The Bertz CT molecular complexity index is 719. The molecule has 3 N–H and O–H groups in total. The Morgan fingerprint density at radius 1 is 1.21 bits per heavy atom. The number of primary amides is 1. The summed E-state index contributed by atoms with van der Waals surface area (Å²) in [6.07, 6.45) is 5.21. The van der Waals surface area contributed by atoms with Crippen molar-refractivity contribution in [2.45, 2.75) is 37.8 Å². The molecule has 0 spiro atoms. The SMILES string of the molecule is NC(=O)O[C@H]1CC[C@H](Nc2nccc(-c3cccnc3F)n2)CC1. The summed E-state index contributed by atoms with van der Waals surface area (Å²) < 4.78 is 18.8. The summed E-state index contributed by atoms with van der Waals surface area (Å²) in [5.41, 5.74) is 5.84. The van der Waals surface area contributed by atoms with Gasteiger partial charge in [-0.25, -0.2) is 19.7 Å². The summed E-state index contributed by atoms with van der Waals surface area (Å²) in [5.74, 6) is -0.124. The summed E-state index contributed by atoms with van der Waals surface area (Å²) in [6.45, 7) is 0. The quantitative estimate of drug-likeness (QED) is 0.834. The summed E-state index contributed by atoms with van der Waals surface area (Å²) in [5, 5.41) is 3.25. The summed E-state index contributed by atoms with van der Waals surface area (Å²) in [4.78, 5) is 22.9. The van der Waals surface area contributed by atoms with Gasteiger partial charge in [-0.05, 0) is 43.9 Å². The van der Waals surface area contributed by atoms with Crippen molar-refractivity contribution < 1.29 is 13.9 Å². The van der Waals surface area contributed by atoms with Crippen molar-refractivity contribution in [2.24, 2.45) is 5.73 Å². The fourth-order valence-corrected chi connectivity index (χ4v) is 2.83. The number of hydrogen-bond donors (Lipinski definition) is 2. The van der Waals surface area contributed by atoms with E-state index in [4.69, 9.17) is 10.5 Å². The molecule has 24 heavy (non-hydrogen) atoms. The predicted molar refractivity (Wildman–Crippen MR) is 85.6 cm³/mol. The third kappa shape index (κ3) is 3.95. The van der Waals surface area contributed by atoms with Gasteiger partial charge in [0, 0.05) is 18.4 Å². The van der Waals surface area contributed by atoms with E-state index >= 15 is 0 Å². The number of halogens is 1. The maximum absolute atomic E-state index is 13.8. The number of nitrogens with one attached hydrogen (secondary N) is 1. The Morgan fingerprint density at radius 3 is 2.71 bits per heavy atom. The molecule has 8 heteroatoms. The Kier molecular flexibility index (Phi) is 4.83. The molecule has 1 aliphatic carbocycles. The van der Waals surface area contributed by atoms with E-state index in [1.165, 1.54) is 6.20 Å². The second-order valence-electron chi connectivity index (χ2n) is 5.66. The van der Waals surface area contributed by atoms with Crippen LogP contribution in [-0.2, 0) is 4.74 Å². The van der Waals surface area contributed by atoms with Crippen molar-refractivity contribution >= 4 is 12.0 Å². The number of hydrogen-bond acceptors (Lipinski definition) is 6. The molecule has 2 aromatic heterocycles. The topological polar surface area (TPSA) is 103 Å². The fraction of sp³-hybridized carbons (Fsp3) is 0.375. The molecule has 0 aliphatic heterocycles. The number of aromatic nitrogens is 3. The number of nitrogens with two attached hydrogens (primary N) is 1. The summed E-state index contributed by atoms with van der Waals surface area (Å²) in [7, 11) is 0. The first-order valence-corrected chi connectivity index (χ1v) is 7.78. The minimum absolute atomic E-state index is 0.128. The monoisotopic (exact) mass is 331 g/mol. The standard InChI is InChI=1S/C16H18FN5O2/c17-14-12(2-1-8-19-14)13-7-9-20-16(22-13)21-10-3-5-11(6-4-10)24-15(18)23/h1-2,7-11H,3-6H2,(H2,18,23)(H,20,21,22)/t10-,11-. The Morgan fingerprint density at radius 2 is 2.00 bits per heavy atom. The summed E-state index contributed by atoms with van der Waals surface area (Å²) in [6, 6.07) is 5.10. The molecule has 126 valence electrons. The lowest BCUT2D eigenvalue weighted by molar-refractivity contribution is 0.0805. The number of ether oxygens (including phenoxy) is 1. The number of amides is 1. The molecule has 0 saturated heterocycles. The fourth-order valence-electron chi connectivity index (χ4n) is 2.83. The van der Waals surface area contributed by atoms with E-state index in [0.29, 0.717) is 17.2 Å². The Labute approximate surface area is 138 Å². The van der Waals surface area contributed by atoms with Gasteiger partial charge in [0.05, 0.1) is 11.3 Å². The van der Waals surface area contributed by atoms with Crippen LogP contribution < -0.4 is 11.1 Å². The maximum atomic E-state index is 13.8. The molecule has 3 rings (SSSR count). The van der Waals surface area contributed by atoms with Crippen molar-refractivity contribution in [3.05, 3.63) is 36.5 Å². The molecule has 2 aromatic rings. The van der Waals surface area contributed by atoms with Gasteiger partial charge in [-0.2, -0.15) is 4.39 Å². The smallest absolute Gasteiger partial charge is 0.404 e. The van der Waals surface area contributed by atoms with Crippen molar-refractivity contribution in [3.63, 3.8) is 0 Å². The molecule has 0 bridgehead atoms. The molecule has 0 radical (unpaired) electrons. The highest BCUT2D eigenvalue weighted by Gasteiger charge is 2.23. The molecule has 1 aliphatic rings. The average molecular weight is 331 g/mol. The third-order valence-electron chi connectivity index (χ3n) is 3.98. The van der Waals surface area contributed by atoms with E-state index in [1.807, 2.05) is 0 Å². The van der Waals surface area contributed by atoms with E-state index in [1.54, 1.807) is 24.4 Å². The highest BCUT2D eigenvalue weighted by Crippen LogP contribution is 2.24. The maximum Gasteiger partial charge on any atom is 0.404 e. The van der Waals surface area contributed by atoms with E-state index in [9.17, 15) is 9.18 Å². The molecule has 1 saturated carbocycles. The van der Waals surface area contributed by atoms with Gasteiger partial charge in [0.15, 0.2) is 0 Å². The first-order valence-electron chi connectivity index (χ1n) is 7.78. The third-order valence-corrected chi connectivity index (χ3v) is 3.98. The van der Waals surface area contributed by atoms with Crippen LogP contribution in [-0.4, -0.2) is 33.2 Å². The molecular weight excluding hydrogens is 313 g/mol. The second kappa shape index (κ2) is 7.20. The van der Waals surface area contributed by atoms with Crippen molar-refractivity contribution in [3.8, 4) is 11.3 Å². The molecule has 7 nitrogen and oxygen atoms in total. The van der Waals surface area contributed by atoms with Gasteiger partial charge in [0.2, 0.25) is 11.9 Å². The summed E-state index contributed by atoms with van der Waals surface area (Å²) >= 11 is 0. The molecule has 1 amide bonds. The largest absolute Gasteiger partial charge is 0.446 e. The van der Waals surface area contributed by atoms with Crippen molar-refractivity contribution in [1.82, 2.24) is 15.0 Å². The minimum atomic E-state index is -0.735. The van der Waals surface area contributed by atoms with Crippen LogP contribution in [0, 0.1) is 5.95 Å². The number of rotatable bonds is 4. The van der Waals surface area contributed by atoms with Gasteiger partial charge in [-0.3, -0.25) is 0 Å². The molecule has 1 fully saturated rings. The molecule has 0 unspecified atom stereocenters. The van der Waals surface area contributed by atoms with E-state index in [0.717, 1.165) is 25.7 Å². The Hall–Kier alpha value is -2.77. The number of nitrogens with zero attached hydrogens (tertiary/aromatic N) is 3. The zero-order chi connectivity index (χ0) is 16.9. The van der Waals surface area contributed by atoms with E-state index < -0.39 is 12.0 Å². The van der Waals surface area contributed by atoms with Crippen LogP contribution in [0.4, 0.5) is 15.1 Å². The van der Waals surface area contributed by atoms with Crippen LogP contribution in [0.5, 0.6) is 0 Å². The average Bonchev–Trinajstić information content (AvgIpc) is 2.57. The van der Waals surface area contributed by atoms with Gasteiger partial charge < -0.3 is 15.8 Å². The lowest BCUT2D eigenvalue weighted by atomic mass is 9.93. The van der Waals surface area contributed by atoms with Crippen LogP contribution >= 0.6 is 0 Å². The van der Waals surface area contributed by atoms with Gasteiger partial charge in [-0.1, -0.05) is 0 Å². The molecule has 0 atom stereocenters. The van der Waals surface area contributed by atoms with Crippen molar-refractivity contribution in [1.29, 1.82) is 0 Å². The van der Waals surface area contributed by atoms with Crippen LogP contribution in [0.2, 0.25) is 0 Å². The van der Waals surface area contributed by atoms with Gasteiger partial charge in [0.1, 0.15) is 6.10 Å². The normalized spacial score (nSPS) is 20.4. The first kappa shape index (κ1) is 16.1. The van der Waals surface area contributed by atoms with Gasteiger partial charge in [-0.15, -0.1) is 0 Å². The van der Waals surface area contributed by atoms with Crippen LogP contribution in [0.25, 0.3) is 11.3 Å². The molecule has 0 aromatic carbocycles. The Balaban J connectivity index is 1.64. The van der Waals surface area contributed by atoms with E-state index in [-0.39, 0.29) is 12.1 Å². The van der Waals surface area contributed by atoms with E-state index in [2.05, 4.69) is 20.3 Å². The van der Waals surface area contributed by atoms with Crippen LogP contribution in [0.1, 0.15) is 25.7 Å². The van der Waals surface area contributed by atoms with Crippen LogP contribution in [0.3, 0.4) is 0 Å². The number of carbonyl (C=O) groups excluding carboxylic acids is 1. The number of pyridine rings is 1. The molecular formula is C16H18FN5O2. The van der Waals surface area contributed by atoms with Crippen LogP contribution in [0.15, 0.2) is 30.6 Å². The van der Waals surface area contributed by atoms with Gasteiger partial charge in [0.25, 0.3) is 0 Å². The number of carbonyl (C=O) groups is 1. The zero-order valence-corrected chi connectivity index (χ0v) is 13.0. The lowest BCUT2D eigenvalue weighted by Gasteiger charge is -2.28. The van der Waals surface area contributed by atoms with Crippen molar-refractivity contribution in [2.75, 3.05) is 5.32 Å². The van der Waals surface area contributed by atoms with Gasteiger partial charge >= 0.3 is 6.09 Å². The predicted octanol–water partition coefficient (Wildman–Crippen LogP) is 2.50. The number of anilines is 1. The highest BCUT2D eigenvalue weighted by molar-refractivity contribution is 5.64. The lowest BCUT2D eigenvalue weighted by Crippen LogP contribution is -2.32. The molecule has 2 heterocycles. The minimum Gasteiger partial charge on any atom is -0.446 e. The first-order chi connectivity index (χ1) is 11.6.